The number of nitrogens with zero attached hydrogens (tertiary/aromatic N) is 3. The van der Waals surface area contributed by atoms with Gasteiger partial charge in [0.25, 0.3) is 0 Å². The highest BCUT2D eigenvalue weighted by molar-refractivity contribution is 5.58. The lowest BCUT2D eigenvalue weighted by Crippen LogP contribution is -2.25. The Morgan fingerprint density at radius 1 is 1.24 bits per heavy atom. The zero-order valence-electron chi connectivity index (χ0n) is 11.2. The summed E-state index contributed by atoms with van der Waals surface area (Å²) in [7, 11) is 1.93. The van der Waals surface area contributed by atoms with E-state index in [1.807, 2.05) is 7.05 Å². The first kappa shape index (κ1) is 12.1. The van der Waals surface area contributed by atoms with Crippen molar-refractivity contribution < 1.29 is 0 Å². The third-order valence-corrected chi connectivity index (χ3v) is 3.38. The van der Waals surface area contributed by atoms with Crippen LogP contribution < -0.4 is 10.2 Å². The standard InChI is InChI=1S/C13H22N4/c1-5-17(6-2)13-9(3)11(14-4)15-12(16-13)10-7-8-10/h10H,5-8H2,1-4H3,(H,14,15,16). The number of rotatable bonds is 5. The minimum absolute atomic E-state index is 0.594. The Labute approximate surface area is 103 Å². The van der Waals surface area contributed by atoms with E-state index in [-0.39, 0.29) is 0 Å². The summed E-state index contributed by atoms with van der Waals surface area (Å²) in [5, 5.41) is 3.18. The van der Waals surface area contributed by atoms with E-state index in [0.29, 0.717) is 5.92 Å². The van der Waals surface area contributed by atoms with Crippen LogP contribution in [0.25, 0.3) is 0 Å². The van der Waals surface area contributed by atoms with Gasteiger partial charge in [0.1, 0.15) is 17.5 Å². The van der Waals surface area contributed by atoms with Gasteiger partial charge in [0.15, 0.2) is 0 Å². The highest BCUT2D eigenvalue weighted by Gasteiger charge is 2.28. The van der Waals surface area contributed by atoms with E-state index in [2.05, 4.69) is 36.0 Å². The minimum atomic E-state index is 0.594. The summed E-state index contributed by atoms with van der Waals surface area (Å²) in [6.45, 7) is 8.40. The molecule has 0 saturated heterocycles. The third kappa shape index (κ3) is 2.35. The monoisotopic (exact) mass is 234 g/mol. The summed E-state index contributed by atoms with van der Waals surface area (Å²) in [5.41, 5.74) is 1.15. The molecule has 0 bridgehead atoms. The van der Waals surface area contributed by atoms with Gasteiger partial charge >= 0.3 is 0 Å². The average Bonchev–Trinajstić information content (AvgIpc) is 3.16. The molecule has 1 saturated carbocycles. The van der Waals surface area contributed by atoms with Crippen molar-refractivity contribution in [1.29, 1.82) is 0 Å². The van der Waals surface area contributed by atoms with Crippen molar-refractivity contribution in [2.75, 3.05) is 30.4 Å². The van der Waals surface area contributed by atoms with E-state index in [1.165, 1.54) is 12.8 Å². The third-order valence-electron chi connectivity index (χ3n) is 3.38. The fourth-order valence-corrected chi connectivity index (χ4v) is 2.12. The normalized spacial score (nSPS) is 14.8. The average molecular weight is 234 g/mol. The molecular formula is C13H22N4. The molecule has 0 spiro atoms. The van der Waals surface area contributed by atoms with Gasteiger partial charge in [-0.3, -0.25) is 0 Å². The second-order valence-corrected chi connectivity index (χ2v) is 4.58. The predicted molar refractivity (Wildman–Crippen MR) is 71.9 cm³/mol. The van der Waals surface area contributed by atoms with E-state index in [1.54, 1.807) is 0 Å². The fourth-order valence-electron chi connectivity index (χ4n) is 2.12. The molecule has 0 unspecified atom stereocenters. The molecule has 0 atom stereocenters. The quantitative estimate of drug-likeness (QED) is 0.850. The van der Waals surface area contributed by atoms with Gasteiger partial charge in [0.05, 0.1) is 0 Å². The van der Waals surface area contributed by atoms with Crippen molar-refractivity contribution in [3.63, 3.8) is 0 Å². The minimum Gasteiger partial charge on any atom is -0.373 e. The summed E-state index contributed by atoms with van der Waals surface area (Å²) in [5.74, 6) is 3.68. The van der Waals surface area contributed by atoms with Crippen LogP contribution in [0.4, 0.5) is 11.6 Å². The molecule has 2 rings (SSSR count). The zero-order valence-corrected chi connectivity index (χ0v) is 11.2. The van der Waals surface area contributed by atoms with Crippen LogP contribution in [0.3, 0.4) is 0 Å². The van der Waals surface area contributed by atoms with Crippen LogP contribution in [0.5, 0.6) is 0 Å². The second kappa shape index (κ2) is 4.90. The van der Waals surface area contributed by atoms with Crippen LogP contribution in [-0.2, 0) is 0 Å². The van der Waals surface area contributed by atoms with Crippen molar-refractivity contribution in [3.8, 4) is 0 Å². The van der Waals surface area contributed by atoms with Crippen LogP contribution in [0.2, 0.25) is 0 Å². The number of hydrogen-bond donors (Lipinski definition) is 1. The number of aromatic nitrogens is 2. The van der Waals surface area contributed by atoms with Gasteiger partial charge in [-0.05, 0) is 33.6 Å². The van der Waals surface area contributed by atoms with Crippen LogP contribution in [-0.4, -0.2) is 30.1 Å². The summed E-state index contributed by atoms with van der Waals surface area (Å²) < 4.78 is 0. The van der Waals surface area contributed by atoms with E-state index < -0.39 is 0 Å². The van der Waals surface area contributed by atoms with Crippen molar-refractivity contribution in [2.45, 2.75) is 39.5 Å². The van der Waals surface area contributed by atoms with Crippen molar-refractivity contribution in [1.82, 2.24) is 9.97 Å². The summed E-state index contributed by atoms with van der Waals surface area (Å²) in [4.78, 5) is 11.7. The maximum absolute atomic E-state index is 4.76. The van der Waals surface area contributed by atoms with Crippen molar-refractivity contribution >= 4 is 11.6 Å². The number of anilines is 2. The van der Waals surface area contributed by atoms with E-state index in [4.69, 9.17) is 4.98 Å². The molecule has 0 amide bonds. The highest BCUT2D eigenvalue weighted by atomic mass is 15.2. The van der Waals surface area contributed by atoms with Gasteiger partial charge in [0, 0.05) is 31.6 Å². The molecule has 4 heteroatoms. The first-order valence-corrected chi connectivity index (χ1v) is 6.52. The fraction of sp³-hybridized carbons (Fsp3) is 0.692. The van der Waals surface area contributed by atoms with Crippen LogP contribution in [0, 0.1) is 6.92 Å². The molecule has 17 heavy (non-hydrogen) atoms. The van der Waals surface area contributed by atoms with Gasteiger partial charge in [-0.1, -0.05) is 0 Å². The Hall–Kier alpha value is -1.32. The van der Waals surface area contributed by atoms with Gasteiger partial charge < -0.3 is 10.2 Å². The molecule has 0 aromatic carbocycles. The molecule has 94 valence electrons. The maximum Gasteiger partial charge on any atom is 0.137 e. The lowest BCUT2D eigenvalue weighted by Gasteiger charge is -2.23. The Morgan fingerprint density at radius 3 is 2.35 bits per heavy atom. The molecule has 1 aromatic rings. The topological polar surface area (TPSA) is 41.1 Å². The molecule has 4 nitrogen and oxygen atoms in total. The molecule has 1 aromatic heterocycles. The number of nitrogens with one attached hydrogen (secondary N) is 1. The lowest BCUT2D eigenvalue weighted by atomic mass is 10.2. The van der Waals surface area contributed by atoms with Crippen molar-refractivity contribution in [3.05, 3.63) is 11.4 Å². The van der Waals surface area contributed by atoms with Gasteiger partial charge in [-0.2, -0.15) is 0 Å². The molecule has 1 fully saturated rings. The van der Waals surface area contributed by atoms with E-state index in [0.717, 1.165) is 36.1 Å². The summed E-state index contributed by atoms with van der Waals surface area (Å²) in [6.07, 6.45) is 2.48. The lowest BCUT2D eigenvalue weighted by molar-refractivity contribution is 0.813. The molecule has 0 aliphatic heterocycles. The Balaban J connectivity index is 2.43. The molecule has 1 aliphatic rings. The van der Waals surface area contributed by atoms with Gasteiger partial charge in [-0.25, -0.2) is 9.97 Å². The highest BCUT2D eigenvalue weighted by Crippen LogP contribution is 2.39. The SMILES string of the molecule is CCN(CC)c1nc(C2CC2)nc(NC)c1C. The van der Waals surface area contributed by atoms with E-state index in [9.17, 15) is 0 Å². The molecule has 0 radical (unpaired) electrons. The zero-order chi connectivity index (χ0) is 12.4. The smallest absolute Gasteiger partial charge is 0.137 e. The Kier molecular flexibility index (Phi) is 3.50. The summed E-state index contributed by atoms with van der Waals surface area (Å²) in [6, 6.07) is 0. The van der Waals surface area contributed by atoms with Crippen molar-refractivity contribution in [2.24, 2.45) is 0 Å². The summed E-state index contributed by atoms with van der Waals surface area (Å²) >= 11 is 0. The van der Waals surface area contributed by atoms with Crippen LogP contribution in [0.1, 0.15) is 44.0 Å². The maximum atomic E-state index is 4.76. The molecule has 1 aliphatic carbocycles. The van der Waals surface area contributed by atoms with Gasteiger partial charge in [-0.15, -0.1) is 0 Å². The second-order valence-electron chi connectivity index (χ2n) is 4.58. The molecule has 1 N–H and O–H groups in total. The molecule has 1 heterocycles. The number of hydrogen-bond acceptors (Lipinski definition) is 4. The van der Waals surface area contributed by atoms with Gasteiger partial charge in [0.2, 0.25) is 0 Å². The molecular weight excluding hydrogens is 212 g/mol. The Morgan fingerprint density at radius 2 is 1.88 bits per heavy atom. The first-order chi connectivity index (χ1) is 8.21. The van der Waals surface area contributed by atoms with Crippen LogP contribution in [0.15, 0.2) is 0 Å². The largest absolute Gasteiger partial charge is 0.373 e. The first-order valence-electron chi connectivity index (χ1n) is 6.52. The van der Waals surface area contributed by atoms with Crippen LogP contribution >= 0.6 is 0 Å². The predicted octanol–water partition coefficient (Wildman–Crippen LogP) is 2.55. The van der Waals surface area contributed by atoms with E-state index >= 15 is 0 Å². The Bertz CT molecular complexity index is 395.